The lowest BCUT2D eigenvalue weighted by Crippen LogP contribution is -2.46. The number of nitrogens with zero attached hydrogens (tertiary/aromatic N) is 1. The average Bonchev–Trinajstić information content (AvgIpc) is 3.32. The molecule has 0 amide bonds. The van der Waals surface area contributed by atoms with Crippen molar-refractivity contribution in [3.05, 3.63) is 63.5 Å². The summed E-state index contributed by atoms with van der Waals surface area (Å²) in [6.45, 7) is 9.29. The van der Waals surface area contributed by atoms with Gasteiger partial charge >= 0.3 is 6.18 Å². The van der Waals surface area contributed by atoms with E-state index in [0.29, 0.717) is 32.8 Å². The van der Waals surface area contributed by atoms with Crippen LogP contribution in [0.5, 0.6) is 0 Å². The molecule has 4 atom stereocenters. The Hall–Kier alpha value is -0.920. The number of rotatable bonds is 4. The molecule has 46 heavy (non-hydrogen) atoms. The Bertz CT molecular complexity index is 1470. The van der Waals surface area contributed by atoms with Gasteiger partial charge in [0.05, 0.1) is 27.9 Å². The predicted octanol–water partition coefficient (Wildman–Crippen LogP) is 9.49. The van der Waals surface area contributed by atoms with Gasteiger partial charge in [-0.2, -0.15) is 13.2 Å². The van der Waals surface area contributed by atoms with Gasteiger partial charge in [-0.05, 0) is 74.1 Å². The SMILES string of the molecule is CC(C)(C)S(C)(C)OC1CC2(CCC2)Cc2nc(C3CCOCC3)c3c(c21)C1(CCOCC1I)OC3c1ccc(C(F)(F)F)cc1. The molecule has 4 unspecified atom stereocenters. The number of fused-ring (bicyclic) bond motifs is 4. The maximum absolute atomic E-state index is 13.6. The van der Waals surface area contributed by atoms with E-state index in [1.54, 1.807) is 12.1 Å². The van der Waals surface area contributed by atoms with Crippen molar-refractivity contribution in [2.75, 3.05) is 38.9 Å². The zero-order chi connectivity index (χ0) is 32.7. The molecule has 1 aromatic carbocycles. The smallest absolute Gasteiger partial charge is 0.381 e. The van der Waals surface area contributed by atoms with E-state index in [-0.39, 0.29) is 26.1 Å². The summed E-state index contributed by atoms with van der Waals surface area (Å²) in [5.74, 6) is 0.200. The highest BCUT2D eigenvalue weighted by Gasteiger charge is 2.58. The molecule has 2 spiro atoms. The molecule has 3 aliphatic heterocycles. The molecule has 5 aliphatic rings. The second-order valence-corrected chi connectivity index (χ2v) is 20.9. The highest BCUT2D eigenvalue weighted by molar-refractivity contribution is 14.1. The van der Waals surface area contributed by atoms with Crippen molar-refractivity contribution in [3.8, 4) is 0 Å². The first-order valence-corrected chi connectivity index (χ1v) is 20.4. The Morgan fingerprint density at radius 3 is 2.24 bits per heavy atom. The fourth-order valence-electron chi connectivity index (χ4n) is 8.19. The van der Waals surface area contributed by atoms with Crippen molar-refractivity contribution in [3.63, 3.8) is 0 Å². The third kappa shape index (κ3) is 5.66. The molecular weight excluding hydrogens is 726 g/mol. The average molecular weight is 774 g/mol. The van der Waals surface area contributed by atoms with E-state index in [9.17, 15) is 13.2 Å². The monoisotopic (exact) mass is 773 g/mol. The molecule has 4 heterocycles. The van der Waals surface area contributed by atoms with Crippen LogP contribution >= 0.6 is 32.9 Å². The summed E-state index contributed by atoms with van der Waals surface area (Å²) in [5.41, 5.74) is 5.33. The zero-order valence-electron chi connectivity index (χ0n) is 27.6. The minimum Gasteiger partial charge on any atom is -0.381 e. The molecule has 7 rings (SSSR count). The Labute approximate surface area is 286 Å². The van der Waals surface area contributed by atoms with E-state index >= 15 is 0 Å². The first-order valence-electron chi connectivity index (χ1n) is 16.8. The fourth-order valence-corrected chi connectivity index (χ4v) is 10.2. The summed E-state index contributed by atoms with van der Waals surface area (Å²) in [7, 11) is -1.48. The van der Waals surface area contributed by atoms with Crippen molar-refractivity contribution in [1.29, 1.82) is 0 Å². The molecule has 3 fully saturated rings. The highest BCUT2D eigenvalue weighted by atomic mass is 127. The summed E-state index contributed by atoms with van der Waals surface area (Å²) >= 11 is 2.49. The van der Waals surface area contributed by atoms with Crippen LogP contribution in [0.15, 0.2) is 24.3 Å². The van der Waals surface area contributed by atoms with Crippen LogP contribution < -0.4 is 0 Å². The third-order valence-corrected chi connectivity index (χ3v) is 16.7. The van der Waals surface area contributed by atoms with Gasteiger partial charge in [0, 0.05) is 59.3 Å². The second-order valence-electron chi connectivity index (χ2n) is 15.5. The first-order chi connectivity index (χ1) is 21.6. The lowest BCUT2D eigenvalue weighted by molar-refractivity contribution is -0.137. The van der Waals surface area contributed by atoms with Crippen molar-refractivity contribution in [2.45, 2.75) is 111 Å². The Kier molecular flexibility index (Phi) is 8.65. The van der Waals surface area contributed by atoms with Crippen molar-refractivity contribution < 1.29 is 31.6 Å². The topological polar surface area (TPSA) is 49.8 Å². The van der Waals surface area contributed by atoms with Gasteiger partial charge in [-0.3, -0.25) is 4.98 Å². The van der Waals surface area contributed by atoms with Gasteiger partial charge in [0.1, 0.15) is 11.7 Å². The first kappa shape index (κ1) is 33.6. The molecule has 1 saturated carbocycles. The lowest BCUT2D eigenvalue weighted by Gasteiger charge is -2.53. The van der Waals surface area contributed by atoms with Crippen LogP contribution in [0.4, 0.5) is 13.2 Å². The molecule has 2 aliphatic carbocycles. The number of hydrogen-bond donors (Lipinski definition) is 0. The molecule has 2 saturated heterocycles. The summed E-state index contributed by atoms with van der Waals surface area (Å²) in [6, 6.07) is 5.59. The van der Waals surface area contributed by atoms with E-state index in [0.717, 1.165) is 48.2 Å². The minimum atomic E-state index is -4.40. The van der Waals surface area contributed by atoms with E-state index in [1.165, 1.54) is 42.5 Å². The fraction of sp³-hybridized carbons (Fsp3) is 0.694. The van der Waals surface area contributed by atoms with Crippen LogP contribution in [-0.4, -0.2) is 52.6 Å². The second kappa shape index (κ2) is 11.9. The molecular formula is C36H47F3INO4S. The van der Waals surface area contributed by atoms with Crippen molar-refractivity contribution >= 4 is 32.9 Å². The Morgan fingerprint density at radius 1 is 0.957 bits per heavy atom. The summed E-state index contributed by atoms with van der Waals surface area (Å²) < 4.78 is 67.5. The zero-order valence-corrected chi connectivity index (χ0v) is 30.6. The molecule has 10 heteroatoms. The quantitative estimate of drug-likeness (QED) is 0.229. The van der Waals surface area contributed by atoms with Gasteiger partial charge in [-0.25, -0.2) is 0 Å². The maximum atomic E-state index is 13.6. The number of halogens is 4. The molecule has 0 radical (unpaired) electrons. The molecule has 254 valence electrons. The van der Waals surface area contributed by atoms with Gasteiger partial charge in [0.2, 0.25) is 0 Å². The van der Waals surface area contributed by atoms with Crippen LogP contribution in [0.2, 0.25) is 0 Å². The van der Waals surface area contributed by atoms with Gasteiger partial charge in [0.25, 0.3) is 0 Å². The van der Waals surface area contributed by atoms with E-state index in [2.05, 4.69) is 55.9 Å². The van der Waals surface area contributed by atoms with E-state index in [4.69, 9.17) is 23.4 Å². The Balaban J connectivity index is 1.48. The minimum absolute atomic E-state index is 0.0164. The Morgan fingerprint density at radius 2 is 1.65 bits per heavy atom. The van der Waals surface area contributed by atoms with E-state index in [1.807, 2.05) is 0 Å². The normalized spacial score (nSPS) is 30.2. The number of pyridine rings is 1. The maximum Gasteiger partial charge on any atom is 0.416 e. The number of benzene rings is 1. The highest BCUT2D eigenvalue weighted by Crippen LogP contribution is 2.65. The third-order valence-electron chi connectivity index (χ3n) is 11.7. The summed E-state index contributed by atoms with van der Waals surface area (Å²) in [4.78, 5) is 5.64. The largest absolute Gasteiger partial charge is 0.416 e. The molecule has 5 nitrogen and oxygen atoms in total. The van der Waals surface area contributed by atoms with Crippen molar-refractivity contribution in [2.24, 2.45) is 5.41 Å². The van der Waals surface area contributed by atoms with Crippen LogP contribution in [-0.2, 0) is 36.6 Å². The van der Waals surface area contributed by atoms with Crippen LogP contribution in [0.25, 0.3) is 0 Å². The molecule has 0 N–H and O–H groups in total. The van der Waals surface area contributed by atoms with Gasteiger partial charge in [0.15, 0.2) is 0 Å². The molecule has 0 bridgehead atoms. The number of ether oxygens (including phenoxy) is 3. The van der Waals surface area contributed by atoms with Gasteiger partial charge in [-0.1, -0.05) is 61.9 Å². The standard InChI is InChI=1S/C36H47F3INO4S/c1-33(2,3)46(4,5)45-26-20-34(13-6-14-34)19-25-28(26)30-29(31(41-25)22-11-16-42-17-12-22)32(44-35(30)15-18-43-21-27(35)40)23-7-9-24(10-8-23)36(37,38)39/h7-10,22,26-27,32H,6,11-21H2,1-5H3. The number of alkyl halides is 4. The summed E-state index contributed by atoms with van der Waals surface area (Å²) in [6.07, 6.45) is 7.50. The number of aromatic nitrogens is 1. The molecule has 2 aromatic rings. The van der Waals surface area contributed by atoms with Crippen molar-refractivity contribution in [1.82, 2.24) is 4.98 Å². The van der Waals surface area contributed by atoms with E-state index < -0.39 is 33.8 Å². The van der Waals surface area contributed by atoms with Crippen LogP contribution in [0.3, 0.4) is 0 Å². The van der Waals surface area contributed by atoms with Gasteiger partial charge < -0.3 is 18.4 Å². The predicted molar refractivity (Wildman–Crippen MR) is 184 cm³/mol. The summed E-state index contributed by atoms with van der Waals surface area (Å²) in [5, 5.41) is 0. The molecule has 1 aromatic heterocycles. The number of hydrogen-bond acceptors (Lipinski definition) is 5. The van der Waals surface area contributed by atoms with Crippen LogP contribution in [0.1, 0.15) is 123 Å². The van der Waals surface area contributed by atoms with Crippen LogP contribution in [0, 0.1) is 5.41 Å². The lowest BCUT2D eigenvalue weighted by atomic mass is 9.58. The van der Waals surface area contributed by atoms with Gasteiger partial charge in [-0.15, -0.1) is 10.3 Å².